The predicted octanol–water partition coefficient (Wildman–Crippen LogP) is 3.98. The summed E-state index contributed by atoms with van der Waals surface area (Å²) >= 11 is 7.05. The van der Waals surface area contributed by atoms with Crippen LogP contribution in [0.5, 0.6) is 0 Å². The second-order valence-electron chi connectivity index (χ2n) is 7.78. The van der Waals surface area contributed by atoms with E-state index in [9.17, 15) is 23.3 Å². The lowest BCUT2D eigenvalue weighted by Gasteiger charge is -2.29. The molecule has 0 atom stereocenters. The van der Waals surface area contributed by atoms with Crippen molar-refractivity contribution in [3.8, 4) is 0 Å². The van der Waals surface area contributed by atoms with E-state index in [-0.39, 0.29) is 29.6 Å². The summed E-state index contributed by atoms with van der Waals surface area (Å²) in [4.78, 5) is 28.5. The Morgan fingerprint density at radius 1 is 1.24 bits per heavy atom. The maximum Gasteiger partial charge on any atom is 0.270 e. The van der Waals surface area contributed by atoms with Gasteiger partial charge in [-0.15, -0.1) is 6.58 Å². The maximum absolute atomic E-state index is 12.9. The smallest absolute Gasteiger partial charge is 0.270 e. The van der Waals surface area contributed by atoms with Crippen LogP contribution in [-0.4, -0.2) is 41.2 Å². The van der Waals surface area contributed by atoms with E-state index in [0.717, 1.165) is 5.52 Å². The van der Waals surface area contributed by atoms with Gasteiger partial charge < -0.3 is 4.57 Å². The third-order valence-corrected chi connectivity index (χ3v) is 8.86. The summed E-state index contributed by atoms with van der Waals surface area (Å²) < 4.78 is 29.5. The number of piperidine rings is 1. The van der Waals surface area contributed by atoms with Crippen LogP contribution in [0.3, 0.4) is 0 Å². The van der Waals surface area contributed by atoms with Gasteiger partial charge in [0.05, 0.1) is 20.0 Å². The molecule has 0 unspecified atom stereocenters. The Morgan fingerprint density at radius 2 is 1.91 bits per heavy atom. The number of hydrogen-bond acceptors (Lipinski definition) is 6. The number of sulfonamides is 1. The van der Waals surface area contributed by atoms with Gasteiger partial charge in [0.1, 0.15) is 0 Å². The van der Waals surface area contributed by atoms with E-state index in [4.69, 9.17) is 11.6 Å². The SMILES string of the molecule is C=CCn1c(=NC(=O)C2CCN(S(=O)(=O)c3ccc(Cl)cc3)CC2)sc2cc([N+](=O)[O-])ccc21. The Labute approximate surface area is 204 Å². The average molecular weight is 521 g/mol. The third kappa shape index (κ3) is 4.83. The molecule has 1 aromatic heterocycles. The van der Waals surface area contributed by atoms with Crippen molar-refractivity contribution in [2.45, 2.75) is 24.3 Å². The second-order valence-corrected chi connectivity index (χ2v) is 11.2. The first-order valence-corrected chi connectivity index (χ1v) is 13.1. The number of carbonyl (C=O) groups is 1. The van der Waals surface area contributed by atoms with Crippen LogP contribution in [0.25, 0.3) is 10.2 Å². The van der Waals surface area contributed by atoms with Gasteiger partial charge in [-0.2, -0.15) is 9.30 Å². The number of amides is 1. The first kappa shape index (κ1) is 24.3. The number of non-ortho nitro benzene ring substituents is 1. The molecule has 1 aliphatic rings. The Balaban J connectivity index is 1.55. The fraction of sp³-hybridized carbons (Fsp3) is 0.273. The van der Waals surface area contributed by atoms with Crippen molar-refractivity contribution in [1.29, 1.82) is 0 Å². The van der Waals surface area contributed by atoms with Gasteiger partial charge in [-0.05, 0) is 43.2 Å². The summed E-state index contributed by atoms with van der Waals surface area (Å²) in [7, 11) is -3.66. The van der Waals surface area contributed by atoms with Crippen molar-refractivity contribution >= 4 is 54.8 Å². The van der Waals surface area contributed by atoms with Gasteiger partial charge in [-0.3, -0.25) is 14.9 Å². The molecule has 0 bridgehead atoms. The zero-order valence-corrected chi connectivity index (χ0v) is 20.4. The van der Waals surface area contributed by atoms with E-state index >= 15 is 0 Å². The number of hydrogen-bond donors (Lipinski definition) is 0. The van der Waals surface area contributed by atoms with Crippen LogP contribution in [-0.2, 0) is 21.4 Å². The first-order valence-electron chi connectivity index (χ1n) is 10.4. The number of allylic oxidation sites excluding steroid dienone is 1. The minimum Gasteiger partial charge on any atom is -0.312 e. The van der Waals surface area contributed by atoms with Crippen molar-refractivity contribution in [3.05, 3.63) is 75.1 Å². The Morgan fingerprint density at radius 3 is 2.53 bits per heavy atom. The van der Waals surface area contributed by atoms with E-state index in [2.05, 4.69) is 11.6 Å². The van der Waals surface area contributed by atoms with Crippen LogP contribution in [0.15, 0.2) is 65.0 Å². The van der Waals surface area contributed by atoms with E-state index in [0.29, 0.717) is 33.9 Å². The summed E-state index contributed by atoms with van der Waals surface area (Å²) in [5.74, 6) is -0.740. The number of aromatic nitrogens is 1. The van der Waals surface area contributed by atoms with E-state index in [1.54, 1.807) is 16.7 Å². The van der Waals surface area contributed by atoms with Crippen molar-refractivity contribution in [1.82, 2.24) is 8.87 Å². The summed E-state index contributed by atoms with van der Waals surface area (Å²) in [5.41, 5.74) is 0.692. The standard InChI is InChI=1S/C22H21ClN4O5S2/c1-2-11-26-19-8-5-17(27(29)30)14-20(19)33-22(26)24-21(28)15-9-12-25(13-10-15)34(31,32)18-6-3-16(23)4-7-18/h2-8,14-15H,1,9-13H2. The van der Waals surface area contributed by atoms with Crippen molar-refractivity contribution < 1.29 is 18.1 Å². The molecule has 34 heavy (non-hydrogen) atoms. The number of carbonyl (C=O) groups excluding carboxylic acids is 1. The largest absolute Gasteiger partial charge is 0.312 e. The molecule has 178 valence electrons. The number of benzene rings is 2. The highest BCUT2D eigenvalue weighted by Gasteiger charge is 2.32. The van der Waals surface area contributed by atoms with Crippen LogP contribution in [0.4, 0.5) is 5.69 Å². The van der Waals surface area contributed by atoms with E-state index < -0.39 is 20.9 Å². The number of fused-ring (bicyclic) bond motifs is 1. The minimum absolute atomic E-state index is 0.0355. The predicted molar refractivity (Wildman–Crippen MR) is 130 cm³/mol. The van der Waals surface area contributed by atoms with Crippen LogP contribution in [0.1, 0.15) is 12.8 Å². The molecule has 2 heterocycles. The normalized spacial score (nSPS) is 16.1. The molecule has 4 rings (SSSR count). The number of nitro groups is 1. The van der Waals surface area contributed by atoms with Gasteiger partial charge in [-0.25, -0.2) is 8.42 Å². The van der Waals surface area contributed by atoms with Crippen molar-refractivity contribution in [2.24, 2.45) is 10.9 Å². The third-order valence-electron chi connectivity index (χ3n) is 5.65. The van der Waals surface area contributed by atoms with Gasteiger partial charge in [0.25, 0.3) is 11.6 Å². The minimum atomic E-state index is -3.66. The Bertz CT molecular complexity index is 1440. The molecule has 9 nitrogen and oxygen atoms in total. The molecule has 0 saturated carbocycles. The average Bonchev–Trinajstić information content (AvgIpc) is 3.15. The second kappa shape index (κ2) is 9.79. The maximum atomic E-state index is 12.9. The molecule has 1 amide bonds. The van der Waals surface area contributed by atoms with Gasteiger partial charge in [0.15, 0.2) is 4.80 Å². The number of thiazole rings is 1. The number of nitro benzene ring substituents is 1. The van der Waals surface area contributed by atoms with Crippen molar-refractivity contribution in [2.75, 3.05) is 13.1 Å². The Kier molecular flexibility index (Phi) is 6.99. The van der Waals surface area contributed by atoms with Crippen LogP contribution in [0.2, 0.25) is 5.02 Å². The molecule has 1 aliphatic heterocycles. The fourth-order valence-corrected chi connectivity index (χ4v) is 6.52. The lowest BCUT2D eigenvalue weighted by molar-refractivity contribution is -0.384. The molecule has 0 N–H and O–H groups in total. The highest BCUT2D eigenvalue weighted by molar-refractivity contribution is 7.89. The molecule has 1 saturated heterocycles. The number of nitrogens with zero attached hydrogens (tertiary/aromatic N) is 4. The monoisotopic (exact) mass is 520 g/mol. The number of rotatable bonds is 6. The Hall–Kier alpha value is -2.86. The lowest BCUT2D eigenvalue weighted by Crippen LogP contribution is -2.40. The summed E-state index contributed by atoms with van der Waals surface area (Å²) in [6.45, 7) is 4.55. The number of halogens is 1. The molecule has 0 aliphatic carbocycles. The van der Waals surface area contributed by atoms with Gasteiger partial charge in [0.2, 0.25) is 10.0 Å². The van der Waals surface area contributed by atoms with Gasteiger partial charge in [0, 0.05) is 42.7 Å². The molecule has 1 fully saturated rings. The molecule has 2 aromatic carbocycles. The zero-order valence-electron chi connectivity index (χ0n) is 18.0. The van der Waals surface area contributed by atoms with Gasteiger partial charge in [-0.1, -0.05) is 29.0 Å². The van der Waals surface area contributed by atoms with Gasteiger partial charge >= 0.3 is 0 Å². The highest BCUT2D eigenvalue weighted by atomic mass is 35.5. The van der Waals surface area contributed by atoms with E-state index in [1.165, 1.54) is 52.0 Å². The molecule has 0 spiro atoms. The van der Waals surface area contributed by atoms with Crippen LogP contribution in [0, 0.1) is 16.0 Å². The molecule has 0 radical (unpaired) electrons. The molecular weight excluding hydrogens is 500 g/mol. The summed E-state index contributed by atoms with van der Waals surface area (Å²) in [6, 6.07) is 10.5. The van der Waals surface area contributed by atoms with E-state index in [1.807, 2.05) is 0 Å². The molecule has 12 heteroatoms. The fourth-order valence-electron chi connectivity index (χ4n) is 3.85. The summed E-state index contributed by atoms with van der Waals surface area (Å²) in [5, 5.41) is 11.6. The summed E-state index contributed by atoms with van der Waals surface area (Å²) in [6.07, 6.45) is 2.37. The zero-order chi connectivity index (χ0) is 24.5. The lowest BCUT2D eigenvalue weighted by atomic mass is 9.98. The topological polar surface area (TPSA) is 115 Å². The first-order chi connectivity index (χ1) is 16.2. The highest BCUT2D eigenvalue weighted by Crippen LogP contribution is 2.26. The van der Waals surface area contributed by atoms with Crippen LogP contribution < -0.4 is 4.80 Å². The molecule has 3 aromatic rings. The van der Waals surface area contributed by atoms with Crippen LogP contribution >= 0.6 is 22.9 Å². The molecular formula is C22H21ClN4O5S2. The quantitative estimate of drug-likeness (QED) is 0.277. The van der Waals surface area contributed by atoms with Crippen molar-refractivity contribution in [3.63, 3.8) is 0 Å².